The van der Waals surface area contributed by atoms with Crippen molar-refractivity contribution in [2.45, 2.75) is 182 Å². The monoisotopic (exact) mass is 749 g/mol. The normalized spacial score (nSPS) is 52.3. The molecule has 0 spiro atoms. The number of aliphatic hydroxyl groups excluding tert-OH is 1. The lowest BCUT2D eigenvalue weighted by Gasteiger charge is -2.62. The van der Waals surface area contributed by atoms with Gasteiger partial charge in [-0.1, -0.05) is 27.7 Å². The topological polar surface area (TPSA) is 107 Å². The molecule has 8 aliphatic carbocycles. The minimum atomic E-state index is -0.308. The highest BCUT2D eigenvalue weighted by atomic mass is 16.7. The molecule has 0 amide bonds. The van der Waals surface area contributed by atoms with Crippen molar-refractivity contribution in [3.8, 4) is 0 Å². The van der Waals surface area contributed by atoms with Gasteiger partial charge in [0.05, 0.1) is 12.2 Å². The van der Waals surface area contributed by atoms with Gasteiger partial charge in [0.25, 0.3) is 0 Å². The highest BCUT2D eigenvalue weighted by Gasteiger charge is 2.66. The van der Waals surface area contributed by atoms with Gasteiger partial charge in [0.15, 0.2) is 6.29 Å². The third kappa shape index (κ3) is 6.29. The standard InChI is InChI=1S/C26H40O4.C21H32O3/c1-16(27)20-9-10-21-19-8-7-17-14-18(28)11-12-25(17,2)24(19)22(15-26(20,21)3)30-23-6-4-5-13-29-23;1-12(22)16-6-7-17-15-5-4-13-10-14(23)8-9-20(13,2)19(15)18(24)11-21(16,17)3/h17,19-24H,4-15H2,1-3H3;13,15-19,24H,4-11H2,1-3H3/t17-,19?,20?,21?,22-,23?,24?,25+,26-;13-,15?,16?,17?,18-,19?,20+,21-/m11/s1. The van der Waals surface area contributed by atoms with Crippen LogP contribution in [-0.2, 0) is 28.7 Å². The molecule has 0 aromatic heterocycles. The minimum absolute atomic E-state index is 0.0138. The van der Waals surface area contributed by atoms with Gasteiger partial charge in [0.2, 0.25) is 0 Å². The lowest BCUT2D eigenvalue weighted by atomic mass is 9.44. The average Bonchev–Trinajstić information content (AvgIpc) is 3.65. The molecule has 1 heterocycles. The van der Waals surface area contributed by atoms with Crippen molar-refractivity contribution in [2.24, 2.45) is 80.8 Å². The zero-order valence-corrected chi connectivity index (χ0v) is 34.5. The van der Waals surface area contributed by atoms with E-state index in [1.165, 1.54) is 25.7 Å². The molecule has 9 unspecified atom stereocenters. The first kappa shape index (κ1) is 39.4. The Morgan fingerprint density at radius 3 is 1.69 bits per heavy atom. The van der Waals surface area contributed by atoms with Gasteiger partial charge in [-0.05, 0) is 179 Å². The van der Waals surface area contributed by atoms with Gasteiger partial charge >= 0.3 is 0 Å². The summed E-state index contributed by atoms with van der Waals surface area (Å²) in [6, 6.07) is 0. The predicted molar refractivity (Wildman–Crippen MR) is 207 cm³/mol. The third-order valence-electron chi connectivity index (χ3n) is 19.2. The average molecular weight is 749 g/mol. The second-order valence-corrected chi connectivity index (χ2v) is 21.6. The number of rotatable bonds is 4. The third-order valence-corrected chi connectivity index (χ3v) is 19.2. The largest absolute Gasteiger partial charge is 0.393 e. The molecule has 9 fully saturated rings. The maximum atomic E-state index is 12.6. The van der Waals surface area contributed by atoms with E-state index in [4.69, 9.17) is 9.47 Å². The van der Waals surface area contributed by atoms with Crippen molar-refractivity contribution < 1.29 is 33.8 Å². The van der Waals surface area contributed by atoms with Crippen LogP contribution in [0.25, 0.3) is 0 Å². The van der Waals surface area contributed by atoms with Gasteiger partial charge in [0.1, 0.15) is 23.1 Å². The fourth-order valence-electron chi connectivity index (χ4n) is 16.8. The Morgan fingerprint density at radius 2 is 1.17 bits per heavy atom. The minimum Gasteiger partial charge on any atom is -0.393 e. The number of ketones is 4. The SMILES string of the molecule is CC(=O)C1CCC2C3CC[C@@H]4CC(=O)CC[C@]4(C)C3[C@H](O)C[C@]12C.CC(=O)C1CCC2C3CC[C@@H]4CC(=O)CC[C@]4(C)C3[C@H](OC3CCCCO3)C[C@]12C. The number of ether oxygens (including phenoxy) is 2. The Morgan fingerprint density at radius 1 is 0.648 bits per heavy atom. The molecular weight excluding hydrogens is 677 g/mol. The lowest BCUT2D eigenvalue weighted by molar-refractivity contribution is -0.252. The van der Waals surface area contributed by atoms with Gasteiger partial charge in [-0.25, -0.2) is 0 Å². The molecule has 0 bridgehead atoms. The van der Waals surface area contributed by atoms with Crippen LogP contribution in [0.5, 0.6) is 0 Å². The summed E-state index contributed by atoms with van der Waals surface area (Å²) in [5.74, 6) is 6.04. The Labute approximate surface area is 325 Å². The van der Waals surface area contributed by atoms with Crippen molar-refractivity contribution in [2.75, 3.05) is 6.61 Å². The molecule has 0 radical (unpaired) electrons. The van der Waals surface area contributed by atoms with E-state index in [9.17, 15) is 24.3 Å². The molecule has 8 saturated carbocycles. The van der Waals surface area contributed by atoms with E-state index in [2.05, 4.69) is 27.7 Å². The van der Waals surface area contributed by atoms with Gasteiger partial charge in [-0.2, -0.15) is 0 Å². The first-order valence-corrected chi connectivity index (χ1v) is 22.6. The molecule has 1 saturated heterocycles. The van der Waals surface area contributed by atoms with Crippen LogP contribution in [0.1, 0.15) is 164 Å². The summed E-state index contributed by atoms with van der Waals surface area (Å²) in [7, 11) is 0. The van der Waals surface area contributed by atoms with E-state index >= 15 is 0 Å². The Hall–Kier alpha value is -1.44. The molecule has 7 nitrogen and oxygen atoms in total. The molecule has 1 aliphatic heterocycles. The Balaban J connectivity index is 0.000000157. The van der Waals surface area contributed by atoms with Crippen LogP contribution in [0.3, 0.4) is 0 Å². The smallest absolute Gasteiger partial charge is 0.157 e. The highest BCUT2D eigenvalue weighted by Crippen LogP contribution is 2.69. The summed E-state index contributed by atoms with van der Waals surface area (Å²) in [6.07, 6.45) is 18.7. The van der Waals surface area contributed by atoms with Crippen molar-refractivity contribution in [3.63, 3.8) is 0 Å². The molecule has 0 aromatic carbocycles. The van der Waals surface area contributed by atoms with Crippen LogP contribution in [-0.4, -0.2) is 53.3 Å². The van der Waals surface area contributed by atoms with Crippen LogP contribution in [0.2, 0.25) is 0 Å². The van der Waals surface area contributed by atoms with Crippen molar-refractivity contribution in [1.29, 1.82) is 0 Å². The molecule has 9 rings (SSSR count). The van der Waals surface area contributed by atoms with Crippen molar-refractivity contribution in [3.05, 3.63) is 0 Å². The molecular formula is C47H72O7. The molecule has 17 atom stereocenters. The summed E-state index contributed by atoms with van der Waals surface area (Å²) in [6.45, 7) is 13.8. The Bertz CT molecular complexity index is 1480. The Kier molecular flexibility index (Phi) is 10.5. The van der Waals surface area contributed by atoms with Crippen molar-refractivity contribution >= 4 is 23.1 Å². The molecule has 302 valence electrons. The zero-order valence-electron chi connectivity index (χ0n) is 34.5. The fraction of sp³-hybridized carbons (Fsp3) is 0.915. The van der Waals surface area contributed by atoms with E-state index < -0.39 is 0 Å². The second-order valence-electron chi connectivity index (χ2n) is 21.6. The van der Waals surface area contributed by atoms with E-state index in [1.54, 1.807) is 13.8 Å². The lowest BCUT2D eigenvalue weighted by Crippen LogP contribution is -2.60. The van der Waals surface area contributed by atoms with Crippen LogP contribution >= 0.6 is 0 Å². The quantitative estimate of drug-likeness (QED) is 0.306. The first-order chi connectivity index (χ1) is 25.6. The van der Waals surface area contributed by atoms with E-state index in [1.807, 2.05) is 0 Å². The first-order valence-electron chi connectivity index (χ1n) is 22.6. The van der Waals surface area contributed by atoms with Crippen LogP contribution in [0.15, 0.2) is 0 Å². The van der Waals surface area contributed by atoms with Gasteiger partial charge in [-0.15, -0.1) is 0 Å². The molecule has 7 heteroatoms. The fourth-order valence-corrected chi connectivity index (χ4v) is 16.8. The van der Waals surface area contributed by atoms with E-state index in [-0.39, 0.29) is 52.0 Å². The number of Topliss-reactive ketones (excluding diaryl/α,β-unsaturated/α-hetero) is 4. The van der Waals surface area contributed by atoms with Gasteiger partial charge in [0, 0.05) is 44.1 Å². The number of hydrogen-bond donors (Lipinski definition) is 1. The summed E-state index contributed by atoms with van der Waals surface area (Å²) < 4.78 is 12.8. The number of carbonyl (C=O) groups excluding carboxylic acids is 4. The number of hydrogen-bond acceptors (Lipinski definition) is 7. The number of carbonyl (C=O) groups is 4. The highest BCUT2D eigenvalue weighted by molar-refractivity contribution is 5.81. The maximum absolute atomic E-state index is 12.6. The van der Waals surface area contributed by atoms with E-state index in [0.29, 0.717) is 76.9 Å². The summed E-state index contributed by atoms with van der Waals surface area (Å²) >= 11 is 0. The summed E-state index contributed by atoms with van der Waals surface area (Å²) in [5.41, 5.74) is 0.345. The summed E-state index contributed by atoms with van der Waals surface area (Å²) in [4.78, 5) is 49.0. The van der Waals surface area contributed by atoms with Gasteiger partial charge < -0.3 is 14.6 Å². The maximum Gasteiger partial charge on any atom is 0.157 e. The van der Waals surface area contributed by atoms with Crippen molar-refractivity contribution in [1.82, 2.24) is 0 Å². The summed E-state index contributed by atoms with van der Waals surface area (Å²) in [5, 5.41) is 11.2. The van der Waals surface area contributed by atoms with Crippen LogP contribution < -0.4 is 0 Å². The zero-order chi connectivity index (χ0) is 38.4. The second kappa shape index (κ2) is 14.4. The molecule has 9 aliphatic rings. The molecule has 54 heavy (non-hydrogen) atoms. The van der Waals surface area contributed by atoms with Crippen LogP contribution in [0.4, 0.5) is 0 Å². The number of aliphatic hydroxyl groups is 1. The number of fused-ring (bicyclic) bond motifs is 10. The van der Waals surface area contributed by atoms with Crippen LogP contribution in [0, 0.1) is 80.8 Å². The van der Waals surface area contributed by atoms with E-state index in [0.717, 1.165) is 96.5 Å². The molecule has 0 aromatic rings. The predicted octanol–water partition coefficient (Wildman–Crippen LogP) is 9.10. The van der Waals surface area contributed by atoms with Gasteiger partial charge in [-0.3, -0.25) is 19.2 Å². The molecule has 1 N–H and O–H groups in total.